The summed E-state index contributed by atoms with van der Waals surface area (Å²) in [6, 6.07) is 5.32. The van der Waals surface area contributed by atoms with Gasteiger partial charge in [-0.2, -0.15) is 0 Å². The third-order valence-electron chi connectivity index (χ3n) is 2.38. The van der Waals surface area contributed by atoms with Crippen molar-refractivity contribution in [3.63, 3.8) is 0 Å². The van der Waals surface area contributed by atoms with Gasteiger partial charge in [0.15, 0.2) is 0 Å². The molecule has 0 fully saturated rings. The molecular formula is C12H15NO2. The number of carbonyl (C=O) groups excluding carboxylic acids is 2. The standard InChI is InChI=1S/C12H15NO2/c1-8-3-5-11(12(13)15)7-10(8)6-4-9(2)14/h3,5,7H,4,6H2,1-2H3,(H2,13,15). The van der Waals surface area contributed by atoms with Gasteiger partial charge in [0.05, 0.1) is 0 Å². The Morgan fingerprint density at radius 2 is 2.00 bits per heavy atom. The Balaban J connectivity index is 2.90. The molecule has 0 unspecified atom stereocenters. The van der Waals surface area contributed by atoms with Crippen molar-refractivity contribution >= 4 is 11.7 Å². The normalized spacial score (nSPS) is 10.0. The molecule has 0 spiro atoms. The van der Waals surface area contributed by atoms with Crippen molar-refractivity contribution in [3.8, 4) is 0 Å². The van der Waals surface area contributed by atoms with Gasteiger partial charge in [0.25, 0.3) is 0 Å². The van der Waals surface area contributed by atoms with E-state index in [9.17, 15) is 9.59 Å². The topological polar surface area (TPSA) is 60.2 Å². The fourth-order valence-corrected chi connectivity index (χ4v) is 1.40. The van der Waals surface area contributed by atoms with E-state index in [1.165, 1.54) is 0 Å². The van der Waals surface area contributed by atoms with Crippen molar-refractivity contribution in [2.45, 2.75) is 26.7 Å². The van der Waals surface area contributed by atoms with Crippen molar-refractivity contribution in [2.24, 2.45) is 5.73 Å². The predicted octanol–water partition coefficient (Wildman–Crippen LogP) is 1.62. The van der Waals surface area contributed by atoms with Crippen LogP contribution >= 0.6 is 0 Å². The third kappa shape index (κ3) is 3.20. The highest BCUT2D eigenvalue weighted by Crippen LogP contribution is 2.13. The molecule has 0 aliphatic heterocycles. The Morgan fingerprint density at radius 1 is 1.33 bits per heavy atom. The zero-order valence-electron chi connectivity index (χ0n) is 9.04. The Hall–Kier alpha value is -1.64. The van der Waals surface area contributed by atoms with Gasteiger partial charge in [-0.15, -0.1) is 0 Å². The summed E-state index contributed by atoms with van der Waals surface area (Å²) in [6.07, 6.45) is 1.17. The Labute approximate surface area is 89.3 Å². The number of ketones is 1. The molecule has 0 aliphatic rings. The summed E-state index contributed by atoms with van der Waals surface area (Å²) in [5.74, 6) is -0.280. The van der Waals surface area contributed by atoms with E-state index in [0.29, 0.717) is 18.4 Å². The number of hydrogen-bond donors (Lipinski definition) is 1. The molecule has 2 N–H and O–H groups in total. The van der Waals surface area contributed by atoms with Crippen LogP contribution in [0.25, 0.3) is 0 Å². The van der Waals surface area contributed by atoms with Crippen LogP contribution in [0.1, 0.15) is 34.8 Å². The first-order valence-electron chi connectivity index (χ1n) is 4.89. The molecule has 3 nitrogen and oxygen atoms in total. The molecule has 15 heavy (non-hydrogen) atoms. The molecule has 3 heteroatoms. The zero-order chi connectivity index (χ0) is 11.4. The van der Waals surface area contributed by atoms with Gasteiger partial charge in [0.1, 0.15) is 5.78 Å². The van der Waals surface area contributed by atoms with Crippen LogP contribution in [-0.2, 0) is 11.2 Å². The van der Waals surface area contributed by atoms with Crippen LogP contribution in [0.15, 0.2) is 18.2 Å². The average Bonchev–Trinajstić information content (AvgIpc) is 2.16. The monoisotopic (exact) mass is 205 g/mol. The maximum Gasteiger partial charge on any atom is 0.248 e. The number of aryl methyl sites for hydroxylation is 2. The van der Waals surface area contributed by atoms with E-state index in [4.69, 9.17) is 5.73 Å². The SMILES string of the molecule is CC(=O)CCc1cc(C(N)=O)ccc1C. The summed E-state index contributed by atoms with van der Waals surface area (Å²) in [5, 5.41) is 0. The first-order chi connectivity index (χ1) is 7.00. The Bertz CT molecular complexity index is 397. The van der Waals surface area contributed by atoms with Crippen LogP contribution in [0.5, 0.6) is 0 Å². The lowest BCUT2D eigenvalue weighted by Crippen LogP contribution is -2.11. The maximum absolute atomic E-state index is 11.0. The number of rotatable bonds is 4. The number of hydrogen-bond acceptors (Lipinski definition) is 2. The molecule has 1 aromatic carbocycles. The zero-order valence-corrected chi connectivity index (χ0v) is 9.04. The fraction of sp³-hybridized carbons (Fsp3) is 0.333. The van der Waals surface area contributed by atoms with Gasteiger partial charge in [-0.25, -0.2) is 0 Å². The van der Waals surface area contributed by atoms with Gasteiger partial charge >= 0.3 is 0 Å². The lowest BCUT2D eigenvalue weighted by atomic mass is 10.00. The van der Waals surface area contributed by atoms with Crippen molar-refractivity contribution in [1.82, 2.24) is 0 Å². The molecule has 0 saturated carbocycles. The minimum atomic E-state index is -0.431. The number of nitrogens with two attached hydrogens (primary N) is 1. The molecule has 0 aliphatic carbocycles. The predicted molar refractivity (Wildman–Crippen MR) is 58.7 cm³/mol. The molecule has 0 saturated heterocycles. The number of Topliss-reactive ketones (excluding diaryl/α,β-unsaturated/α-hetero) is 1. The largest absolute Gasteiger partial charge is 0.366 e. The summed E-state index contributed by atoms with van der Waals surface area (Å²) >= 11 is 0. The fourth-order valence-electron chi connectivity index (χ4n) is 1.40. The van der Waals surface area contributed by atoms with Gasteiger partial charge in [-0.3, -0.25) is 4.79 Å². The molecule has 0 bridgehead atoms. The average molecular weight is 205 g/mol. The second-order valence-corrected chi connectivity index (χ2v) is 3.71. The van der Waals surface area contributed by atoms with Gasteiger partial charge in [-0.05, 0) is 43.5 Å². The van der Waals surface area contributed by atoms with E-state index in [1.54, 1.807) is 19.1 Å². The van der Waals surface area contributed by atoms with Crippen molar-refractivity contribution in [1.29, 1.82) is 0 Å². The molecule has 0 heterocycles. The van der Waals surface area contributed by atoms with Gasteiger partial charge in [0, 0.05) is 12.0 Å². The van der Waals surface area contributed by atoms with Crippen molar-refractivity contribution in [2.75, 3.05) is 0 Å². The van der Waals surface area contributed by atoms with Gasteiger partial charge < -0.3 is 10.5 Å². The highest BCUT2D eigenvalue weighted by molar-refractivity contribution is 5.93. The van der Waals surface area contributed by atoms with Gasteiger partial charge in [-0.1, -0.05) is 6.07 Å². The minimum Gasteiger partial charge on any atom is -0.366 e. The van der Waals surface area contributed by atoms with E-state index in [2.05, 4.69) is 0 Å². The molecular weight excluding hydrogens is 190 g/mol. The summed E-state index contributed by atoms with van der Waals surface area (Å²) in [7, 11) is 0. The Morgan fingerprint density at radius 3 is 2.53 bits per heavy atom. The summed E-state index contributed by atoms with van der Waals surface area (Å²) in [6.45, 7) is 3.52. The van der Waals surface area contributed by atoms with E-state index >= 15 is 0 Å². The maximum atomic E-state index is 11.0. The van der Waals surface area contributed by atoms with Crippen LogP contribution in [0, 0.1) is 6.92 Å². The smallest absolute Gasteiger partial charge is 0.248 e. The highest BCUT2D eigenvalue weighted by atomic mass is 16.1. The van der Waals surface area contributed by atoms with Crippen LogP contribution < -0.4 is 5.73 Å². The third-order valence-corrected chi connectivity index (χ3v) is 2.38. The van der Waals surface area contributed by atoms with E-state index in [0.717, 1.165) is 11.1 Å². The lowest BCUT2D eigenvalue weighted by Gasteiger charge is -2.06. The molecule has 0 radical (unpaired) electrons. The van der Waals surface area contributed by atoms with Crippen LogP contribution in [0.4, 0.5) is 0 Å². The lowest BCUT2D eigenvalue weighted by molar-refractivity contribution is -0.116. The van der Waals surface area contributed by atoms with E-state index < -0.39 is 5.91 Å². The minimum absolute atomic E-state index is 0.152. The Kier molecular flexibility index (Phi) is 3.61. The summed E-state index contributed by atoms with van der Waals surface area (Å²) < 4.78 is 0. The van der Waals surface area contributed by atoms with Crippen LogP contribution in [0.3, 0.4) is 0 Å². The quantitative estimate of drug-likeness (QED) is 0.811. The second kappa shape index (κ2) is 4.73. The van der Waals surface area contributed by atoms with Crippen molar-refractivity contribution in [3.05, 3.63) is 34.9 Å². The highest BCUT2D eigenvalue weighted by Gasteiger charge is 2.05. The van der Waals surface area contributed by atoms with Crippen LogP contribution in [0.2, 0.25) is 0 Å². The number of benzene rings is 1. The number of amides is 1. The van der Waals surface area contributed by atoms with Crippen LogP contribution in [-0.4, -0.2) is 11.7 Å². The summed E-state index contributed by atoms with van der Waals surface area (Å²) in [5.41, 5.74) is 7.78. The molecule has 0 atom stereocenters. The molecule has 80 valence electrons. The molecule has 1 amide bonds. The molecule has 1 rings (SSSR count). The number of primary amides is 1. The van der Waals surface area contributed by atoms with E-state index in [-0.39, 0.29) is 5.78 Å². The molecule has 0 aromatic heterocycles. The first kappa shape index (κ1) is 11.4. The first-order valence-corrected chi connectivity index (χ1v) is 4.89. The molecule has 1 aromatic rings. The summed E-state index contributed by atoms with van der Waals surface area (Å²) in [4.78, 5) is 21.8. The van der Waals surface area contributed by atoms with Crippen molar-refractivity contribution < 1.29 is 9.59 Å². The number of carbonyl (C=O) groups is 2. The van der Waals surface area contributed by atoms with E-state index in [1.807, 2.05) is 13.0 Å². The van der Waals surface area contributed by atoms with Gasteiger partial charge in [0.2, 0.25) is 5.91 Å². The second-order valence-electron chi connectivity index (χ2n) is 3.71.